The molecule has 2 N–H and O–H groups in total. The Labute approximate surface area is 129 Å². The smallest absolute Gasteiger partial charge is 0.225 e. The van der Waals surface area contributed by atoms with E-state index in [4.69, 9.17) is 10.5 Å². The Morgan fingerprint density at radius 3 is 2.40 bits per heavy atom. The number of rotatable bonds is 7. The Hall–Kier alpha value is -0.320. The number of methoxy groups -OCH3 is 1. The van der Waals surface area contributed by atoms with Gasteiger partial charge >= 0.3 is 0 Å². The summed E-state index contributed by atoms with van der Waals surface area (Å²) in [7, 11) is 1.61. The minimum Gasteiger partial charge on any atom is -0.380 e. The lowest BCUT2D eigenvalue weighted by Crippen LogP contribution is -2.41. The van der Waals surface area contributed by atoms with E-state index in [0.717, 1.165) is 37.8 Å². The normalized spacial score (nSPS) is 17.9. The van der Waals surface area contributed by atoms with Gasteiger partial charge in [0.1, 0.15) is 0 Å². The predicted octanol–water partition coefficient (Wildman–Crippen LogP) is 2.45. The lowest BCUT2D eigenvalue weighted by molar-refractivity contribution is -0.135. The molecule has 20 heavy (non-hydrogen) atoms. The number of nitrogens with zero attached hydrogens (tertiary/aromatic N) is 1. The van der Waals surface area contributed by atoms with Gasteiger partial charge in [-0.2, -0.15) is 0 Å². The Balaban J connectivity index is 0.00000361. The minimum atomic E-state index is -0.133. The summed E-state index contributed by atoms with van der Waals surface area (Å²) in [6.07, 6.45) is 5.20. The molecule has 0 bridgehead atoms. The fraction of sp³-hybridized carbons (Fsp3) is 0.933. The number of likely N-dealkylation sites (tertiary alicyclic amines) is 1. The molecular formula is C15H31ClN2O2. The first-order chi connectivity index (χ1) is 9.06. The van der Waals surface area contributed by atoms with Crippen molar-refractivity contribution in [2.24, 2.45) is 17.6 Å². The second-order valence-corrected chi connectivity index (χ2v) is 6.09. The van der Waals surface area contributed by atoms with E-state index >= 15 is 0 Å². The molecule has 0 aromatic heterocycles. The maximum atomic E-state index is 12.1. The molecule has 1 saturated heterocycles. The molecule has 5 heteroatoms. The summed E-state index contributed by atoms with van der Waals surface area (Å²) in [6.45, 7) is 6.77. The summed E-state index contributed by atoms with van der Waals surface area (Å²) in [5, 5.41) is 0. The van der Waals surface area contributed by atoms with Gasteiger partial charge in [-0.3, -0.25) is 4.79 Å². The van der Waals surface area contributed by atoms with E-state index in [0.29, 0.717) is 13.0 Å². The van der Waals surface area contributed by atoms with Crippen LogP contribution in [0.5, 0.6) is 0 Å². The molecule has 1 unspecified atom stereocenters. The zero-order valence-corrected chi connectivity index (χ0v) is 14.0. The molecule has 0 aromatic rings. The lowest BCUT2D eigenvalue weighted by atomic mass is 9.89. The van der Waals surface area contributed by atoms with Gasteiger partial charge in [-0.25, -0.2) is 0 Å². The molecule has 1 fully saturated rings. The summed E-state index contributed by atoms with van der Waals surface area (Å²) >= 11 is 0. The largest absolute Gasteiger partial charge is 0.380 e. The molecule has 1 rings (SSSR count). The highest BCUT2D eigenvalue weighted by Gasteiger charge is 2.24. The SMILES string of the molecule is COC(CN)CC(=O)N1CCC(CCC(C)C)CC1.Cl. The van der Waals surface area contributed by atoms with Crippen molar-refractivity contribution in [3.05, 3.63) is 0 Å². The number of carbonyl (C=O) groups is 1. The lowest BCUT2D eigenvalue weighted by Gasteiger charge is -2.33. The van der Waals surface area contributed by atoms with Gasteiger partial charge in [0.15, 0.2) is 0 Å². The maximum Gasteiger partial charge on any atom is 0.225 e. The van der Waals surface area contributed by atoms with Gasteiger partial charge in [0.05, 0.1) is 12.5 Å². The van der Waals surface area contributed by atoms with E-state index in [9.17, 15) is 4.79 Å². The highest BCUT2D eigenvalue weighted by molar-refractivity contribution is 5.85. The van der Waals surface area contributed by atoms with Crippen molar-refractivity contribution in [1.29, 1.82) is 0 Å². The van der Waals surface area contributed by atoms with Crippen LogP contribution in [0.3, 0.4) is 0 Å². The summed E-state index contributed by atoms with van der Waals surface area (Å²) in [5.74, 6) is 1.78. The average Bonchev–Trinajstić information content (AvgIpc) is 2.42. The molecule has 0 aromatic carbocycles. The molecule has 1 aliphatic rings. The standard InChI is InChI=1S/C15H30N2O2.ClH/c1-12(2)4-5-13-6-8-17(9-7-13)15(18)10-14(11-16)19-3;/h12-14H,4-11,16H2,1-3H3;1H. The van der Waals surface area contributed by atoms with E-state index in [1.54, 1.807) is 7.11 Å². The van der Waals surface area contributed by atoms with Gasteiger partial charge in [-0.05, 0) is 24.7 Å². The third-order valence-electron chi connectivity index (χ3n) is 4.12. The molecule has 0 spiro atoms. The molecule has 1 aliphatic heterocycles. The Kier molecular flexibility index (Phi) is 10.2. The molecule has 4 nitrogen and oxygen atoms in total. The molecule has 0 aliphatic carbocycles. The van der Waals surface area contributed by atoms with E-state index in [1.165, 1.54) is 12.8 Å². The van der Waals surface area contributed by atoms with Crippen LogP contribution in [0.15, 0.2) is 0 Å². The second-order valence-electron chi connectivity index (χ2n) is 6.09. The van der Waals surface area contributed by atoms with Crippen molar-refractivity contribution >= 4 is 18.3 Å². The maximum absolute atomic E-state index is 12.1. The predicted molar refractivity (Wildman–Crippen MR) is 85.1 cm³/mol. The number of hydrogen-bond acceptors (Lipinski definition) is 3. The molecule has 0 saturated carbocycles. The summed E-state index contributed by atoms with van der Waals surface area (Å²) in [5.41, 5.74) is 5.56. The van der Waals surface area contributed by atoms with Crippen LogP contribution < -0.4 is 5.73 Å². The average molecular weight is 307 g/mol. The van der Waals surface area contributed by atoms with Gasteiger partial charge in [0.2, 0.25) is 5.91 Å². The number of hydrogen-bond donors (Lipinski definition) is 1. The Morgan fingerprint density at radius 1 is 1.35 bits per heavy atom. The number of carbonyl (C=O) groups excluding carboxylic acids is 1. The summed E-state index contributed by atoms with van der Waals surface area (Å²) < 4.78 is 5.17. The van der Waals surface area contributed by atoms with Crippen LogP contribution in [0.2, 0.25) is 0 Å². The van der Waals surface area contributed by atoms with E-state index in [-0.39, 0.29) is 24.4 Å². The van der Waals surface area contributed by atoms with Crippen molar-refractivity contribution in [3.63, 3.8) is 0 Å². The molecular weight excluding hydrogens is 276 g/mol. The van der Waals surface area contributed by atoms with E-state index in [1.807, 2.05) is 4.90 Å². The number of nitrogens with two attached hydrogens (primary N) is 1. The van der Waals surface area contributed by atoms with Gasteiger partial charge in [-0.15, -0.1) is 12.4 Å². The zero-order chi connectivity index (χ0) is 14.3. The van der Waals surface area contributed by atoms with E-state index in [2.05, 4.69) is 13.8 Å². The van der Waals surface area contributed by atoms with Gasteiger partial charge in [0, 0.05) is 26.7 Å². The van der Waals surface area contributed by atoms with Crippen LogP contribution in [-0.4, -0.2) is 43.7 Å². The van der Waals surface area contributed by atoms with Crippen LogP contribution in [0, 0.1) is 11.8 Å². The van der Waals surface area contributed by atoms with Crippen LogP contribution in [0.1, 0.15) is 46.0 Å². The monoisotopic (exact) mass is 306 g/mol. The van der Waals surface area contributed by atoms with Crippen LogP contribution in [0.4, 0.5) is 0 Å². The van der Waals surface area contributed by atoms with Crippen LogP contribution in [-0.2, 0) is 9.53 Å². The van der Waals surface area contributed by atoms with Crippen LogP contribution >= 0.6 is 12.4 Å². The van der Waals surface area contributed by atoms with Crippen molar-refractivity contribution in [2.75, 3.05) is 26.7 Å². The first-order valence-corrected chi connectivity index (χ1v) is 7.57. The number of halogens is 1. The minimum absolute atomic E-state index is 0. The number of piperidine rings is 1. The van der Waals surface area contributed by atoms with Crippen molar-refractivity contribution in [1.82, 2.24) is 4.90 Å². The van der Waals surface area contributed by atoms with Crippen molar-refractivity contribution in [3.8, 4) is 0 Å². The highest BCUT2D eigenvalue weighted by atomic mass is 35.5. The van der Waals surface area contributed by atoms with E-state index < -0.39 is 0 Å². The highest BCUT2D eigenvalue weighted by Crippen LogP contribution is 2.24. The van der Waals surface area contributed by atoms with Gasteiger partial charge < -0.3 is 15.4 Å². The molecule has 0 radical (unpaired) electrons. The zero-order valence-electron chi connectivity index (χ0n) is 13.1. The third kappa shape index (κ3) is 6.91. The first-order valence-electron chi connectivity index (χ1n) is 7.57. The van der Waals surface area contributed by atoms with Gasteiger partial charge in [-0.1, -0.05) is 26.7 Å². The van der Waals surface area contributed by atoms with Gasteiger partial charge in [0.25, 0.3) is 0 Å². The molecule has 1 heterocycles. The number of ether oxygens (including phenoxy) is 1. The topological polar surface area (TPSA) is 55.6 Å². The Bertz CT molecular complexity index is 263. The fourth-order valence-electron chi connectivity index (χ4n) is 2.63. The summed E-state index contributed by atoms with van der Waals surface area (Å²) in [6, 6.07) is 0. The quantitative estimate of drug-likeness (QED) is 0.786. The molecule has 1 amide bonds. The van der Waals surface area contributed by atoms with Crippen molar-refractivity contribution in [2.45, 2.75) is 52.1 Å². The number of amides is 1. The van der Waals surface area contributed by atoms with Crippen molar-refractivity contribution < 1.29 is 9.53 Å². The van der Waals surface area contributed by atoms with Crippen LogP contribution in [0.25, 0.3) is 0 Å². The third-order valence-corrected chi connectivity index (χ3v) is 4.12. The molecule has 120 valence electrons. The summed E-state index contributed by atoms with van der Waals surface area (Å²) in [4.78, 5) is 14.1. The second kappa shape index (κ2) is 10.4. The Morgan fingerprint density at radius 2 is 1.95 bits per heavy atom. The first kappa shape index (κ1) is 19.7. The molecule has 1 atom stereocenters. The fourth-order valence-corrected chi connectivity index (χ4v) is 2.63.